The van der Waals surface area contributed by atoms with E-state index in [4.69, 9.17) is 5.11 Å². The van der Waals surface area contributed by atoms with Gasteiger partial charge in [-0.3, -0.25) is 14.9 Å². The molecular weight excluding hydrogens is 236 g/mol. The monoisotopic (exact) mass is 254 g/mol. The maximum absolute atomic E-state index is 11.6. The number of carbonyl (C=O) groups excluding carboxylic acids is 2. The standard InChI is InChI=1S/C12H18N2O4/c15-10(6-2-3-7-11(16)17)13-12(18)14-8-4-1-5-9-14/h1,4H,2-3,5-9H2,(H,16,17)(H,13,15,18). The van der Waals surface area contributed by atoms with Crippen LogP contribution < -0.4 is 5.32 Å². The number of urea groups is 1. The van der Waals surface area contributed by atoms with E-state index in [1.165, 1.54) is 0 Å². The highest BCUT2D eigenvalue weighted by Gasteiger charge is 2.15. The summed E-state index contributed by atoms with van der Waals surface area (Å²) in [5.74, 6) is -1.22. The molecule has 1 aliphatic heterocycles. The molecule has 1 rings (SSSR count). The Morgan fingerprint density at radius 3 is 2.50 bits per heavy atom. The summed E-state index contributed by atoms with van der Waals surface area (Å²) in [5, 5.41) is 10.7. The van der Waals surface area contributed by atoms with Gasteiger partial charge < -0.3 is 10.0 Å². The number of carboxylic acids is 1. The molecule has 18 heavy (non-hydrogen) atoms. The summed E-state index contributed by atoms with van der Waals surface area (Å²) in [5.41, 5.74) is 0. The zero-order valence-corrected chi connectivity index (χ0v) is 10.2. The molecule has 0 fully saturated rings. The topological polar surface area (TPSA) is 86.7 Å². The molecule has 0 saturated heterocycles. The molecular formula is C12H18N2O4. The lowest BCUT2D eigenvalue weighted by Crippen LogP contribution is -2.44. The zero-order chi connectivity index (χ0) is 13.4. The van der Waals surface area contributed by atoms with Gasteiger partial charge in [0, 0.05) is 25.9 Å². The first-order valence-corrected chi connectivity index (χ1v) is 6.05. The van der Waals surface area contributed by atoms with E-state index >= 15 is 0 Å². The molecule has 0 aliphatic carbocycles. The van der Waals surface area contributed by atoms with Crippen LogP contribution in [0.2, 0.25) is 0 Å². The second-order valence-electron chi connectivity index (χ2n) is 4.16. The minimum Gasteiger partial charge on any atom is -0.481 e. The summed E-state index contributed by atoms with van der Waals surface area (Å²) < 4.78 is 0. The number of nitrogens with zero attached hydrogens (tertiary/aromatic N) is 1. The van der Waals surface area contributed by atoms with Gasteiger partial charge in [-0.05, 0) is 19.3 Å². The number of nitrogens with one attached hydrogen (secondary N) is 1. The third-order valence-corrected chi connectivity index (χ3v) is 2.64. The average molecular weight is 254 g/mol. The fraction of sp³-hybridized carbons (Fsp3) is 0.583. The number of imide groups is 1. The normalized spacial score (nSPS) is 14.3. The third-order valence-electron chi connectivity index (χ3n) is 2.64. The van der Waals surface area contributed by atoms with E-state index in [1.807, 2.05) is 12.2 Å². The summed E-state index contributed by atoms with van der Waals surface area (Å²) in [7, 11) is 0. The van der Waals surface area contributed by atoms with E-state index in [1.54, 1.807) is 4.90 Å². The molecule has 100 valence electrons. The van der Waals surface area contributed by atoms with Gasteiger partial charge in [0.1, 0.15) is 0 Å². The summed E-state index contributed by atoms with van der Waals surface area (Å²) >= 11 is 0. The van der Waals surface area contributed by atoms with Crippen molar-refractivity contribution in [3.8, 4) is 0 Å². The molecule has 1 aliphatic rings. The van der Waals surface area contributed by atoms with Crippen molar-refractivity contribution in [3.63, 3.8) is 0 Å². The predicted octanol–water partition coefficient (Wildman–Crippen LogP) is 1.13. The fourth-order valence-electron chi connectivity index (χ4n) is 1.65. The molecule has 0 unspecified atom stereocenters. The van der Waals surface area contributed by atoms with Gasteiger partial charge in [-0.2, -0.15) is 0 Å². The van der Waals surface area contributed by atoms with Crippen LogP contribution in [0.25, 0.3) is 0 Å². The van der Waals surface area contributed by atoms with E-state index in [0.717, 1.165) is 6.42 Å². The molecule has 0 aromatic heterocycles. The maximum Gasteiger partial charge on any atom is 0.324 e. The second kappa shape index (κ2) is 7.47. The fourth-order valence-corrected chi connectivity index (χ4v) is 1.65. The van der Waals surface area contributed by atoms with Crippen LogP contribution in [-0.4, -0.2) is 41.0 Å². The number of rotatable bonds is 5. The van der Waals surface area contributed by atoms with E-state index in [0.29, 0.717) is 25.9 Å². The number of amides is 3. The van der Waals surface area contributed by atoms with Gasteiger partial charge in [-0.15, -0.1) is 0 Å². The van der Waals surface area contributed by atoms with Crippen molar-refractivity contribution in [1.29, 1.82) is 0 Å². The van der Waals surface area contributed by atoms with Crippen molar-refractivity contribution in [2.45, 2.75) is 32.1 Å². The van der Waals surface area contributed by atoms with Gasteiger partial charge in [0.25, 0.3) is 0 Å². The van der Waals surface area contributed by atoms with E-state index in [-0.39, 0.29) is 24.8 Å². The number of unbranched alkanes of at least 4 members (excludes halogenated alkanes) is 1. The molecule has 0 atom stereocenters. The second-order valence-corrected chi connectivity index (χ2v) is 4.16. The van der Waals surface area contributed by atoms with Crippen LogP contribution in [0.5, 0.6) is 0 Å². The molecule has 0 spiro atoms. The molecule has 0 bridgehead atoms. The highest BCUT2D eigenvalue weighted by molar-refractivity contribution is 5.94. The van der Waals surface area contributed by atoms with Gasteiger partial charge in [-0.25, -0.2) is 4.79 Å². The Kier molecular flexibility index (Phi) is 5.90. The molecule has 0 radical (unpaired) electrons. The van der Waals surface area contributed by atoms with Crippen LogP contribution in [0.15, 0.2) is 12.2 Å². The average Bonchev–Trinajstić information content (AvgIpc) is 2.35. The van der Waals surface area contributed by atoms with Crippen LogP contribution >= 0.6 is 0 Å². The lowest BCUT2D eigenvalue weighted by molar-refractivity contribution is -0.137. The lowest BCUT2D eigenvalue weighted by Gasteiger charge is -2.23. The quantitative estimate of drug-likeness (QED) is 0.568. The highest BCUT2D eigenvalue weighted by atomic mass is 16.4. The Morgan fingerprint density at radius 1 is 1.17 bits per heavy atom. The van der Waals surface area contributed by atoms with E-state index in [9.17, 15) is 14.4 Å². The van der Waals surface area contributed by atoms with E-state index < -0.39 is 5.97 Å². The van der Waals surface area contributed by atoms with Crippen molar-refractivity contribution < 1.29 is 19.5 Å². The number of aliphatic carboxylic acids is 1. The van der Waals surface area contributed by atoms with Crippen molar-refractivity contribution in [2.75, 3.05) is 13.1 Å². The largest absolute Gasteiger partial charge is 0.481 e. The predicted molar refractivity (Wildman–Crippen MR) is 65.0 cm³/mol. The van der Waals surface area contributed by atoms with Crippen molar-refractivity contribution in [1.82, 2.24) is 10.2 Å². The molecule has 1 heterocycles. The smallest absolute Gasteiger partial charge is 0.324 e. The summed E-state index contributed by atoms with van der Waals surface area (Å²) in [6.45, 7) is 1.15. The summed E-state index contributed by atoms with van der Waals surface area (Å²) in [6.07, 6.45) is 5.85. The summed E-state index contributed by atoms with van der Waals surface area (Å²) in [6, 6.07) is -0.373. The molecule has 6 heteroatoms. The molecule has 6 nitrogen and oxygen atoms in total. The van der Waals surface area contributed by atoms with Crippen molar-refractivity contribution in [2.24, 2.45) is 0 Å². The van der Waals surface area contributed by atoms with Crippen LogP contribution in [-0.2, 0) is 9.59 Å². The van der Waals surface area contributed by atoms with E-state index in [2.05, 4.69) is 5.32 Å². The van der Waals surface area contributed by atoms with Gasteiger partial charge in [-0.1, -0.05) is 12.2 Å². The Balaban J connectivity index is 2.17. The van der Waals surface area contributed by atoms with Crippen LogP contribution in [0.1, 0.15) is 32.1 Å². The minimum absolute atomic E-state index is 0.0537. The Hall–Kier alpha value is -1.85. The number of carboxylic acid groups (broad SMARTS) is 1. The maximum atomic E-state index is 11.6. The molecule has 0 aromatic rings. The lowest BCUT2D eigenvalue weighted by atomic mass is 10.2. The minimum atomic E-state index is -0.869. The SMILES string of the molecule is O=C(O)CCCCC(=O)NC(=O)N1CC=CCC1. The van der Waals surface area contributed by atoms with Gasteiger partial charge in [0.15, 0.2) is 0 Å². The Bertz CT molecular complexity index is 352. The first-order valence-electron chi connectivity index (χ1n) is 6.05. The van der Waals surface area contributed by atoms with Gasteiger partial charge in [0.2, 0.25) is 5.91 Å². The van der Waals surface area contributed by atoms with Crippen molar-refractivity contribution in [3.05, 3.63) is 12.2 Å². The molecule has 2 N–H and O–H groups in total. The van der Waals surface area contributed by atoms with Crippen LogP contribution in [0, 0.1) is 0 Å². The van der Waals surface area contributed by atoms with Gasteiger partial charge in [0.05, 0.1) is 0 Å². The first-order chi connectivity index (χ1) is 8.59. The third kappa shape index (κ3) is 5.47. The van der Waals surface area contributed by atoms with Crippen LogP contribution in [0.4, 0.5) is 4.79 Å². The first kappa shape index (κ1) is 14.2. The number of hydrogen-bond donors (Lipinski definition) is 2. The van der Waals surface area contributed by atoms with Crippen LogP contribution in [0.3, 0.4) is 0 Å². The highest BCUT2D eigenvalue weighted by Crippen LogP contribution is 2.03. The zero-order valence-electron chi connectivity index (χ0n) is 10.2. The number of hydrogen-bond acceptors (Lipinski definition) is 3. The molecule has 0 saturated carbocycles. The Morgan fingerprint density at radius 2 is 1.89 bits per heavy atom. The molecule has 3 amide bonds. The molecule has 0 aromatic carbocycles. The Labute approximate surface area is 106 Å². The number of carbonyl (C=O) groups is 3. The summed E-state index contributed by atoms with van der Waals surface area (Å²) in [4.78, 5) is 34.9. The van der Waals surface area contributed by atoms with Crippen molar-refractivity contribution >= 4 is 17.9 Å². The van der Waals surface area contributed by atoms with Gasteiger partial charge >= 0.3 is 12.0 Å².